The van der Waals surface area contributed by atoms with Crippen LogP contribution in [-0.4, -0.2) is 55.5 Å². The van der Waals surface area contributed by atoms with E-state index in [9.17, 15) is 4.79 Å². The summed E-state index contributed by atoms with van der Waals surface area (Å²) in [5.74, 6) is 0.192. The van der Waals surface area contributed by atoms with E-state index in [0.717, 1.165) is 6.54 Å². The molecular formula is C12H25N3O. The Kier molecular flexibility index (Phi) is 4.74. The van der Waals surface area contributed by atoms with Gasteiger partial charge in [-0.3, -0.25) is 9.69 Å². The van der Waals surface area contributed by atoms with Crippen LogP contribution in [0.1, 0.15) is 32.1 Å². The van der Waals surface area contributed by atoms with Crippen LogP contribution < -0.4 is 5.73 Å². The zero-order valence-electron chi connectivity index (χ0n) is 10.8. The number of rotatable bonds is 5. The van der Waals surface area contributed by atoms with Crippen molar-refractivity contribution in [3.05, 3.63) is 0 Å². The maximum atomic E-state index is 11.5. The highest BCUT2D eigenvalue weighted by Crippen LogP contribution is 2.33. The molecule has 1 amide bonds. The van der Waals surface area contributed by atoms with E-state index in [1.54, 1.807) is 19.0 Å². The summed E-state index contributed by atoms with van der Waals surface area (Å²) in [6, 6.07) is 0. The zero-order valence-corrected chi connectivity index (χ0v) is 10.8. The van der Waals surface area contributed by atoms with Crippen molar-refractivity contribution >= 4 is 5.91 Å². The zero-order chi connectivity index (χ0) is 12.2. The number of likely N-dealkylation sites (N-methyl/N-ethyl adjacent to an activating group) is 1. The van der Waals surface area contributed by atoms with Gasteiger partial charge in [0.25, 0.3) is 0 Å². The maximum absolute atomic E-state index is 11.5. The Morgan fingerprint density at radius 3 is 2.25 bits per heavy atom. The quantitative estimate of drug-likeness (QED) is 0.751. The molecule has 4 heteroatoms. The summed E-state index contributed by atoms with van der Waals surface area (Å²) in [7, 11) is 5.70. The van der Waals surface area contributed by atoms with Gasteiger partial charge in [0.15, 0.2) is 0 Å². The topological polar surface area (TPSA) is 49.6 Å². The molecule has 0 saturated heterocycles. The van der Waals surface area contributed by atoms with Gasteiger partial charge < -0.3 is 10.6 Å². The van der Waals surface area contributed by atoms with E-state index in [4.69, 9.17) is 5.73 Å². The molecule has 1 aliphatic carbocycles. The molecule has 1 fully saturated rings. The van der Waals surface area contributed by atoms with Crippen molar-refractivity contribution in [1.82, 2.24) is 9.80 Å². The van der Waals surface area contributed by atoms with E-state index >= 15 is 0 Å². The molecule has 0 spiro atoms. The van der Waals surface area contributed by atoms with Gasteiger partial charge in [-0.2, -0.15) is 0 Å². The molecule has 1 rings (SSSR count). The Hall–Kier alpha value is -0.610. The van der Waals surface area contributed by atoms with Crippen LogP contribution in [-0.2, 0) is 4.79 Å². The van der Waals surface area contributed by atoms with Crippen LogP contribution in [0.4, 0.5) is 0 Å². The van der Waals surface area contributed by atoms with Gasteiger partial charge in [-0.15, -0.1) is 0 Å². The Balaban J connectivity index is 2.44. The predicted octanol–water partition coefficient (Wildman–Crippen LogP) is 0.668. The third-order valence-electron chi connectivity index (χ3n) is 3.88. The molecule has 1 saturated carbocycles. The molecule has 0 heterocycles. The van der Waals surface area contributed by atoms with Crippen molar-refractivity contribution in [3.8, 4) is 0 Å². The lowest BCUT2D eigenvalue weighted by Crippen LogP contribution is -2.50. The Morgan fingerprint density at radius 1 is 1.25 bits per heavy atom. The minimum atomic E-state index is 0.159. The summed E-state index contributed by atoms with van der Waals surface area (Å²) >= 11 is 0. The van der Waals surface area contributed by atoms with E-state index in [1.165, 1.54) is 25.7 Å². The third kappa shape index (κ3) is 2.95. The van der Waals surface area contributed by atoms with Gasteiger partial charge >= 0.3 is 0 Å². The largest absolute Gasteiger partial charge is 0.349 e. The molecule has 1 aliphatic rings. The summed E-state index contributed by atoms with van der Waals surface area (Å²) in [5, 5.41) is 0. The molecule has 2 N–H and O–H groups in total. The van der Waals surface area contributed by atoms with Gasteiger partial charge in [-0.1, -0.05) is 12.8 Å². The molecule has 0 aromatic rings. The Labute approximate surface area is 98.8 Å². The summed E-state index contributed by atoms with van der Waals surface area (Å²) < 4.78 is 0. The monoisotopic (exact) mass is 227 g/mol. The lowest BCUT2D eigenvalue weighted by molar-refractivity contribution is -0.129. The van der Waals surface area contributed by atoms with Crippen LogP contribution >= 0.6 is 0 Å². The van der Waals surface area contributed by atoms with E-state index in [1.807, 2.05) is 0 Å². The van der Waals surface area contributed by atoms with Gasteiger partial charge in [0.2, 0.25) is 5.91 Å². The molecule has 4 nitrogen and oxygen atoms in total. The van der Waals surface area contributed by atoms with Crippen molar-refractivity contribution in [2.75, 3.05) is 34.2 Å². The normalized spacial score (nSPS) is 19.1. The average Bonchev–Trinajstić information content (AvgIpc) is 2.74. The van der Waals surface area contributed by atoms with Crippen molar-refractivity contribution < 1.29 is 4.79 Å². The minimum absolute atomic E-state index is 0.159. The number of hydrogen-bond acceptors (Lipinski definition) is 3. The lowest BCUT2D eigenvalue weighted by Gasteiger charge is -2.38. The molecule has 0 bridgehead atoms. The van der Waals surface area contributed by atoms with Gasteiger partial charge in [0, 0.05) is 39.1 Å². The highest BCUT2D eigenvalue weighted by Gasteiger charge is 2.36. The predicted molar refractivity (Wildman–Crippen MR) is 66.2 cm³/mol. The number of amides is 1. The maximum Gasteiger partial charge on any atom is 0.223 e. The van der Waals surface area contributed by atoms with Crippen LogP contribution in [0, 0.1) is 0 Å². The van der Waals surface area contributed by atoms with Gasteiger partial charge in [0.1, 0.15) is 0 Å². The van der Waals surface area contributed by atoms with Crippen LogP contribution in [0.5, 0.6) is 0 Å². The SMILES string of the molecule is CN(C)C(=O)CCN(C)C1(CN)CCCC1. The first kappa shape index (κ1) is 13.5. The highest BCUT2D eigenvalue weighted by molar-refractivity contribution is 5.75. The summed E-state index contributed by atoms with van der Waals surface area (Å²) in [6.07, 6.45) is 5.48. The smallest absolute Gasteiger partial charge is 0.223 e. The van der Waals surface area contributed by atoms with Crippen molar-refractivity contribution in [2.45, 2.75) is 37.6 Å². The summed E-state index contributed by atoms with van der Waals surface area (Å²) in [6.45, 7) is 1.52. The van der Waals surface area contributed by atoms with Crippen LogP contribution in [0.15, 0.2) is 0 Å². The van der Waals surface area contributed by atoms with E-state index in [-0.39, 0.29) is 11.4 Å². The van der Waals surface area contributed by atoms with Gasteiger partial charge in [-0.25, -0.2) is 0 Å². The average molecular weight is 227 g/mol. The second-order valence-electron chi connectivity index (χ2n) is 5.10. The van der Waals surface area contributed by atoms with Crippen LogP contribution in [0.3, 0.4) is 0 Å². The van der Waals surface area contributed by atoms with Crippen molar-refractivity contribution in [2.24, 2.45) is 5.73 Å². The fraction of sp³-hybridized carbons (Fsp3) is 0.917. The molecule has 0 aliphatic heterocycles. The van der Waals surface area contributed by atoms with Gasteiger partial charge in [-0.05, 0) is 19.9 Å². The number of hydrogen-bond donors (Lipinski definition) is 1. The Morgan fingerprint density at radius 2 is 1.81 bits per heavy atom. The third-order valence-corrected chi connectivity index (χ3v) is 3.88. The molecule has 94 valence electrons. The molecule has 0 unspecified atom stereocenters. The number of carbonyl (C=O) groups excluding carboxylic acids is 1. The molecule has 16 heavy (non-hydrogen) atoms. The van der Waals surface area contributed by atoms with Crippen molar-refractivity contribution in [3.63, 3.8) is 0 Å². The minimum Gasteiger partial charge on any atom is -0.349 e. The standard InChI is InChI=1S/C12H25N3O/c1-14(2)11(16)6-9-15(3)12(10-13)7-4-5-8-12/h4-10,13H2,1-3H3. The summed E-state index contributed by atoms with van der Waals surface area (Å²) in [5.41, 5.74) is 6.06. The Bertz CT molecular complexity index is 234. The van der Waals surface area contributed by atoms with Crippen molar-refractivity contribution in [1.29, 1.82) is 0 Å². The van der Waals surface area contributed by atoms with E-state index in [2.05, 4.69) is 11.9 Å². The fourth-order valence-electron chi connectivity index (χ4n) is 2.50. The fourth-order valence-corrected chi connectivity index (χ4v) is 2.50. The van der Waals surface area contributed by atoms with Crippen LogP contribution in [0.2, 0.25) is 0 Å². The lowest BCUT2D eigenvalue weighted by atomic mass is 9.95. The van der Waals surface area contributed by atoms with E-state index in [0.29, 0.717) is 13.0 Å². The molecule has 0 radical (unpaired) electrons. The first-order valence-corrected chi connectivity index (χ1v) is 6.13. The second kappa shape index (κ2) is 5.64. The number of nitrogens with two attached hydrogens (primary N) is 1. The second-order valence-corrected chi connectivity index (χ2v) is 5.10. The van der Waals surface area contributed by atoms with E-state index < -0.39 is 0 Å². The molecule has 0 aromatic carbocycles. The molecular weight excluding hydrogens is 202 g/mol. The summed E-state index contributed by atoms with van der Waals surface area (Å²) in [4.78, 5) is 15.5. The first-order valence-electron chi connectivity index (χ1n) is 6.13. The van der Waals surface area contributed by atoms with Crippen LogP contribution in [0.25, 0.3) is 0 Å². The number of carbonyl (C=O) groups is 1. The number of nitrogens with zero attached hydrogens (tertiary/aromatic N) is 2. The first-order chi connectivity index (χ1) is 7.52. The van der Waals surface area contributed by atoms with Gasteiger partial charge in [0.05, 0.1) is 0 Å². The molecule has 0 aromatic heterocycles. The molecule has 0 atom stereocenters. The highest BCUT2D eigenvalue weighted by atomic mass is 16.2.